The number of sulfone groups is 1. The number of nitrogens with one attached hydrogen (secondary N) is 1. The van der Waals surface area contributed by atoms with Gasteiger partial charge in [0.2, 0.25) is 0 Å². The number of hydrogen-bond acceptors (Lipinski definition) is 7. The van der Waals surface area contributed by atoms with Crippen molar-refractivity contribution in [3.05, 3.63) is 59.1 Å². The van der Waals surface area contributed by atoms with Crippen molar-refractivity contribution in [2.45, 2.75) is 24.6 Å². The first kappa shape index (κ1) is 23.4. The first-order valence-electron chi connectivity index (χ1n) is 9.89. The van der Waals surface area contributed by atoms with E-state index in [4.69, 9.17) is 5.21 Å². The molecule has 9 nitrogen and oxygen atoms in total. The third kappa shape index (κ3) is 4.37. The molecular weight excluding hydrogens is 432 g/mol. The molecule has 1 amide bonds. The Morgan fingerprint density at radius 1 is 1.16 bits per heavy atom. The number of carbonyl (C=O) groups is 1. The van der Waals surface area contributed by atoms with Gasteiger partial charge in [0.1, 0.15) is 0 Å². The first-order chi connectivity index (χ1) is 15.0. The highest BCUT2D eigenvalue weighted by atomic mass is 32.2. The van der Waals surface area contributed by atoms with Crippen molar-refractivity contribution in [2.24, 2.45) is 0 Å². The fourth-order valence-corrected chi connectivity index (χ4v) is 4.21. The number of amides is 1. The van der Waals surface area contributed by atoms with E-state index in [-0.39, 0.29) is 18.5 Å². The van der Waals surface area contributed by atoms with Gasteiger partial charge < -0.3 is 4.90 Å². The fourth-order valence-electron chi connectivity index (χ4n) is 3.37. The van der Waals surface area contributed by atoms with Crippen molar-refractivity contribution in [3.8, 4) is 11.1 Å². The molecule has 32 heavy (non-hydrogen) atoms. The van der Waals surface area contributed by atoms with Gasteiger partial charge in [-0.25, -0.2) is 18.9 Å². The average molecular weight is 459 g/mol. The number of anilines is 1. The van der Waals surface area contributed by atoms with E-state index in [1.165, 1.54) is 23.3 Å². The minimum atomic E-state index is -3.86. The SMILES string of the molecule is CN(C)c1ccc(-c2ccc3c(=O)n(CCC(C)(C(=O)NO)S(C)(=O)=O)cnc3c2)cc1. The molecule has 170 valence electrons. The number of aryl methyl sites for hydroxylation is 1. The van der Waals surface area contributed by atoms with Crippen LogP contribution in [0.2, 0.25) is 0 Å². The van der Waals surface area contributed by atoms with Crippen LogP contribution >= 0.6 is 0 Å². The highest BCUT2D eigenvalue weighted by Crippen LogP contribution is 2.25. The molecule has 3 aromatic rings. The molecule has 1 aromatic heterocycles. The van der Waals surface area contributed by atoms with Gasteiger partial charge in [-0.15, -0.1) is 0 Å². The molecule has 1 heterocycles. The zero-order valence-electron chi connectivity index (χ0n) is 18.4. The summed E-state index contributed by atoms with van der Waals surface area (Å²) in [4.78, 5) is 31.3. The second-order valence-corrected chi connectivity index (χ2v) is 10.6. The maximum atomic E-state index is 12.9. The molecule has 0 fully saturated rings. The summed E-state index contributed by atoms with van der Waals surface area (Å²) < 4.78 is 23.6. The summed E-state index contributed by atoms with van der Waals surface area (Å²) in [6.07, 6.45) is 2.04. The minimum absolute atomic E-state index is 0.0630. The van der Waals surface area contributed by atoms with Gasteiger partial charge in [0, 0.05) is 32.6 Å². The molecule has 1 atom stereocenters. The average Bonchev–Trinajstić information content (AvgIpc) is 2.76. The number of benzene rings is 2. The van der Waals surface area contributed by atoms with Gasteiger partial charge in [-0.2, -0.15) is 0 Å². The van der Waals surface area contributed by atoms with Crippen molar-refractivity contribution in [3.63, 3.8) is 0 Å². The standard InChI is InChI=1S/C22H26N4O5S/c1-22(21(28)24-29,32(4,30)31)11-12-26-14-23-19-13-16(7-10-18(19)20(26)27)15-5-8-17(9-6-15)25(2)3/h5-10,13-14,29H,11-12H2,1-4H3,(H,24,28). The van der Waals surface area contributed by atoms with Crippen LogP contribution in [-0.4, -0.2) is 54.2 Å². The lowest BCUT2D eigenvalue weighted by Crippen LogP contribution is -2.50. The van der Waals surface area contributed by atoms with Gasteiger partial charge in [0.15, 0.2) is 14.6 Å². The zero-order chi connectivity index (χ0) is 23.7. The second kappa shape index (κ2) is 8.71. The van der Waals surface area contributed by atoms with Crippen molar-refractivity contribution >= 4 is 32.3 Å². The highest BCUT2D eigenvalue weighted by molar-refractivity contribution is 7.92. The molecule has 1 unspecified atom stereocenters. The molecule has 10 heteroatoms. The van der Waals surface area contributed by atoms with E-state index >= 15 is 0 Å². The Morgan fingerprint density at radius 2 is 1.78 bits per heavy atom. The predicted molar refractivity (Wildman–Crippen MR) is 124 cm³/mol. The summed E-state index contributed by atoms with van der Waals surface area (Å²) in [5.74, 6) is -1.05. The summed E-state index contributed by atoms with van der Waals surface area (Å²) in [6, 6.07) is 13.3. The van der Waals surface area contributed by atoms with Crippen LogP contribution in [0.15, 0.2) is 53.6 Å². The van der Waals surface area contributed by atoms with E-state index < -0.39 is 20.5 Å². The Labute approximate surface area is 186 Å². The van der Waals surface area contributed by atoms with Crippen LogP contribution in [0.5, 0.6) is 0 Å². The van der Waals surface area contributed by atoms with Gasteiger partial charge >= 0.3 is 0 Å². The second-order valence-electron chi connectivity index (χ2n) is 8.11. The van der Waals surface area contributed by atoms with Gasteiger partial charge in [-0.05, 0) is 48.7 Å². The maximum absolute atomic E-state index is 12.9. The summed E-state index contributed by atoms with van der Waals surface area (Å²) in [7, 11) is 0.0770. The molecular formula is C22H26N4O5S. The quantitative estimate of drug-likeness (QED) is 0.409. The van der Waals surface area contributed by atoms with Gasteiger partial charge in [0.05, 0.1) is 17.2 Å². The van der Waals surface area contributed by atoms with E-state index in [9.17, 15) is 18.0 Å². The Morgan fingerprint density at radius 3 is 2.34 bits per heavy atom. The molecule has 0 aliphatic rings. The Balaban J connectivity index is 1.92. The molecule has 0 bridgehead atoms. The summed E-state index contributed by atoms with van der Waals surface area (Å²) in [6.45, 7) is 1.15. The Bertz CT molecular complexity index is 1320. The summed E-state index contributed by atoms with van der Waals surface area (Å²) in [5.41, 5.74) is 4.55. The van der Waals surface area contributed by atoms with Crippen LogP contribution in [0, 0.1) is 0 Å². The molecule has 0 saturated carbocycles. The van der Waals surface area contributed by atoms with E-state index in [1.807, 2.05) is 55.4 Å². The number of hydrogen-bond donors (Lipinski definition) is 2. The van der Waals surface area contributed by atoms with Crippen molar-refractivity contribution in [1.82, 2.24) is 15.0 Å². The number of rotatable bonds is 7. The Hall–Kier alpha value is -3.24. The zero-order valence-corrected chi connectivity index (χ0v) is 19.2. The van der Waals surface area contributed by atoms with Crippen molar-refractivity contribution < 1.29 is 18.4 Å². The van der Waals surface area contributed by atoms with E-state index in [1.54, 1.807) is 6.07 Å². The van der Waals surface area contributed by atoms with Gasteiger partial charge in [-0.1, -0.05) is 18.2 Å². The topological polar surface area (TPSA) is 122 Å². The highest BCUT2D eigenvalue weighted by Gasteiger charge is 2.43. The number of aromatic nitrogens is 2. The van der Waals surface area contributed by atoms with Crippen molar-refractivity contribution in [2.75, 3.05) is 25.3 Å². The molecule has 0 saturated heterocycles. The van der Waals surface area contributed by atoms with E-state index in [2.05, 4.69) is 4.98 Å². The lowest BCUT2D eigenvalue weighted by Gasteiger charge is -2.25. The number of hydroxylamine groups is 1. The van der Waals surface area contributed by atoms with Gasteiger partial charge in [-0.3, -0.25) is 19.4 Å². The van der Waals surface area contributed by atoms with Crippen molar-refractivity contribution in [1.29, 1.82) is 0 Å². The number of carbonyl (C=O) groups excluding carboxylic acids is 1. The van der Waals surface area contributed by atoms with E-state index in [0.717, 1.165) is 23.1 Å². The smallest absolute Gasteiger partial charge is 0.264 e. The molecule has 0 radical (unpaired) electrons. The summed E-state index contributed by atoms with van der Waals surface area (Å²) >= 11 is 0. The van der Waals surface area contributed by atoms with Crippen LogP contribution in [-0.2, 0) is 21.2 Å². The van der Waals surface area contributed by atoms with Crippen LogP contribution in [0.25, 0.3) is 22.0 Å². The minimum Gasteiger partial charge on any atom is -0.378 e. The molecule has 2 aromatic carbocycles. The fraction of sp³-hybridized carbons (Fsp3) is 0.318. The lowest BCUT2D eigenvalue weighted by atomic mass is 10.0. The Kier molecular flexibility index (Phi) is 6.38. The molecule has 0 aliphatic heterocycles. The number of fused-ring (bicyclic) bond motifs is 1. The normalized spacial score (nSPS) is 13.5. The van der Waals surface area contributed by atoms with Gasteiger partial charge in [0.25, 0.3) is 11.5 Å². The molecule has 2 N–H and O–H groups in total. The largest absolute Gasteiger partial charge is 0.378 e. The van der Waals surface area contributed by atoms with Crippen LogP contribution in [0.3, 0.4) is 0 Å². The van der Waals surface area contributed by atoms with Crippen LogP contribution in [0.1, 0.15) is 13.3 Å². The summed E-state index contributed by atoms with van der Waals surface area (Å²) in [5, 5.41) is 9.32. The monoisotopic (exact) mass is 458 g/mol. The first-order valence-corrected chi connectivity index (χ1v) is 11.8. The van der Waals surface area contributed by atoms with Crippen LogP contribution in [0.4, 0.5) is 5.69 Å². The maximum Gasteiger partial charge on any atom is 0.264 e. The third-order valence-electron chi connectivity index (χ3n) is 5.77. The van der Waals surface area contributed by atoms with E-state index in [0.29, 0.717) is 10.9 Å². The molecule has 0 spiro atoms. The predicted octanol–water partition coefficient (Wildman–Crippen LogP) is 1.83. The number of nitrogens with zero attached hydrogens (tertiary/aromatic N) is 3. The third-order valence-corrected chi connectivity index (χ3v) is 7.80. The molecule has 3 rings (SSSR count). The molecule has 0 aliphatic carbocycles. The lowest BCUT2D eigenvalue weighted by molar-refractivity contribution is -0.131. The van der Waals surface area contributed by atoms with Crippen LogP contribution < -0.4 is 15.9 Å².